The van der Waals surface area contributed by atoms with E-state index in [0.29, 0.717) is 22.4 Å². The molecule has 5 nitrogen and oxygen atoms in total. The fourth-order valence-corrected chi connectivity index (χ4v) is 2.88. The molecular weight excluding hydrogens is 314 g/mol. The van der Waals surface area contributed by atoms with E-state index in [1.807, 2.05) is 11.0 Å². The number of benzene rings is 2. The van der Waals surface area contributed by atoms with E-state index in [1.165, 1.54) is 6.42 Å². The van der Waals surface area contributed by atoms with Crippen LogP contribution in [-0.4, -0.2) is 29.8 Å². The number of carbonyl (C=O) groups is 2. The fourth-order valence-electron chi connectivity index (χ4n) is 2.88. The summed E-state index contributed by atoms with van der Waals surface area (Å²) in [5.74, 6) is -0.222. The Kier molecular flexibility index (Phi) is 5.10. The predicted octanol–water partition coefficient (Wildman–Crippen LogP) is 3.44. The van der Waals surface area contributed by atoms with Crippen LogP contribution in [0.2, 0.25) is 0 Å². The normalized spacial score (nSPS) is 13.8. The topological polar surface area (TPSA) is 73.2 Å². The lowest BCUT2D eigenvalue weighted by molar-refractivity contribution is 0.0724. The van der Waals surface area contributed by atoms with Gasteiger partial charge in [0.2, 0.25) is 0 Å². The largest absolute Gasteiger partial charge is 0.339 e. The maximum Gasteiger partial charge on any atom is 0.255 e. The molecule has 1 aliphatic heterocycles. The van der Waals surface area contributed by atoms with Gasteiger partial charge < -0.3 is 10.2 Å². The molecule has 3 rings (SSSR count). The molecule has 0 atom stereocenters. The van der Waals surface area contributed by atoms with Gasteiger partial charge in [0.15, 0.2) is 0 Å². The van der Waals surface area contributed by atoms with E-state index < -0.39 is 0 Å². The maximum atomic E-state index is 12.4. The summed E-state index contributed by atoms with van der Waals surface area (Å²) in [6, 6.07) is 15.4. The van der Waals surface area contributed by atoms with E-state index in [2.05, 4.69) is 5.32 Å². The van der Waals surface area contributed by atoms with Gasteiger partial charge in [0.25, 0.3) is 11.8 Å². The highest BCUT2D eigenvalue weighted by atomic mass is 16.2. The Morgan fingerprint density at radius 1 is 0.880 bits per heavy atom. The highest BCUT2D eigenvalue weighted by molar-refractivity contribution is 6.05. The van der Waals surface area contributed by atoms with Crippen molar-refractivity contribution in [2.75, 3.05) is 18.4 Å². The minimum absolute atomic E-state index is 0.0266. The Morgan fingerprint density at radius 3 is 2.08 bits per heavy atom. The summed E-state index contributed by atoms with van der Waals surface area (Å²) in [6.45, 7) is 1.61. The van der Waals surface area contributed by atoms with Crippen LogP contribution in [-0.2, 0) is 0 Å². The van der Waals surface area contributed by atoms with Crippen molar-refractivity contribution in [2.45, 2.75) is 19.3 Å². The average Bonchev–Trinajstić information content (AvgIpc) is 2.69. The number of hydrogen-bond acceptors (Lipinski definition) is 3. The van der Waals surface area contributed by atoms with E-state index in [0.717, 1.165) is 25.9 Å². The minimum atomic E-state index is -0.248. The van der Waals surface area contributed by atoms with Crippen LogP contribution in [0.3, 0.4) is 0 Å². The molecule has 0 spiro atoms. The monoisotopic (exact) mass is 333 g/mol. The molecule has 2 aromatic carbocycles. The first-order chi connectivity index (χ1) is 12.2. The second-order valence-electron chi connectivity index (χ2n) is 6.07. The molecule has 0 aliphatic carbocycles. The molecule has 0 aromatic heterocycles. The molecule has 0 bridgehead atoms. The van der Waals surface area contributed by atoms with Crippen molar-refractivity contribution in [1.29, 1.82) is 5.26 Å². The molecule has 0 radical (unpaired) electrons. The molecule has 1 N–H and O–H groups in total. The van der Waals surface area contributed by atoms with E-state index in [1.54, 1.807) is 48.5 Å². The van der Waals surface area contributed by atoms with Crippen molar-refractivity contribution in [3.63, 3.8) is 0 Å². The van der Waals surface area contributed by atoms with Crippen molar-refractivity contribution < 1.29 is 9.59 Å². The van der Waals surface area contributed by atoms with Crippen LogP contribution in [0.15, 0.2) is 48.5 Å². The molecule has 0 saturated carbocycles. The van der Waals surface area contributed by atoms with E-state index in [9.17, 15) is 9.59 Å². The zero-order chi connectivity index (χ0) is 17.6. The quantitative estimate of drug-likeness (QED) is 0.935. The van der Waals surface area contributed by atoms with E-state index in [-0.39, 0.29) is 11.8 Å². The Labute approximate surface area is 146 Å². The summed E-state index contributed by atoms with van der Waals surface area (Å²) in [5.41, 5.74) is 2.26. The van der Waals surface area contributed by atoms with Crippen molar-refractivity contribution in [2.24, 2.45) is 0 Å². The van der Waals surface area contributed by atoms with Gasteiger partial charge >= 0.3 is 0 Å². The van der Waals surface area contributed by atoms with Gasteiger partial charge in [-0.05, 0) is 67.8 Å². The first kappa shape index (κ1) is 16.7. The van der Waals surface area contributed by atoms with E-state index in [4.69, 9.17) is 5.26 Å². The third-order valence-corrected chi connectivity index (χ3v) is 4.31. The smallest absolute Gasteiger partial charge is 0.255 e. The van der Waals surface area contributed by atoms with Gasteiger partial charge in [-0.15, -0.1) is 0 Å². The molecule has 126 valence electrons. The molecule has 1 heterocycles. The third-order valence-electron chi connectivity index (χ3n) is 4.31. The Morgan fingerprint density at radius 2 is 1.48 bits per heavy atom. The standard InChI is InChI=1S/C20H19N3O2/c21-14-15-4-10-18(11-5-15)22-19(24)16-6-8-17(9-7-16)20(25)23-12-2-1-3-13-23/h4-11H,1-3,12-13H2,(H,22,24). The molecule has 1 fully saturated rings. The highest BCUT2D eigenvalue weighted by Gasteiger charge is 2.18. The van der Waals surface area contributed by atoms with Crippen LogP contribution in [0.25, 0.3) is 0 Å². The Bertz CT molecular complexity index is 798. The van der Waals surface area contributed by atoms with Gasteiger partial charge in [-0.25, -0.2) is 0 Å². The van der Waals surface area contributed by atoms with Crippen LogP contribution < -0.4 is 5.32 Å². The zero-order valence-electron chi connectivity index (χ0n) is 13.9. The van der Waals surface area contributed by atoms with Gasteiger partial charge in [-0.2, -0.15) is 5.26 Å². The number of anilines is 1. The SMILES string of the molecule is N#Cc1ccc(NC(=O)c2ccc(C(=O)N3CCCCC3)cc2)cc1. The van der Waals surface area contributed by atoms with Crippen LogP contribution in [0, 0.1) is 11.3 Å². The van der Waals surface area contributed by atoms with Crippen LogP contribution >= 0.6 is 0 Å². The molecule has 1 saturated heterocycles. The van der Waals surface area contributed by atoms with E-state index >= 15 is 0 Å². The van der Waals surface area contributed by atoms with Crippen LogP contribution in [0.4, 0.5) is 5.69 Å². The number of hydrogen-bond donors (Lipinski definition) is 1. The lowest BCUT2D eigenvalue weighted by atomic mass is 10.1. The lowest BCUT2D eigenvalue weighted by Gasteiger charge is -2.26. The summed E-state index contributed by atoms with van der Waals surface area (Å²) in [5, 5.41) is 11.6. The second-order valence-corrected chi connectivity index (χ2v) is 6.07. The number of likely N-dealkylation sites (tertiary alicyclic amines) is 1. The highest BCUT2D eigenvalue weighted by Crippen LogP contribution is 2.15. The number of nitrogens with one attached hydrogen (secondary N) is 1. The number of nitrogens with zero attached hydrogens (tertiary/aromatic N) is 2. The lowest BCUT2D eigenvalue weighted by Crippen LogP contribution is -2.35. The van der Waals surface area contributed by atoms with Crippen LogP contribution in [0.5, 0.6) is 0 Å². The molecule has 2 amide bonds. The molecule has 5 heteroatoms. The minimum Gasteiger partial charge on any atom is -0.339 e. The summed E-state index contributed by atoms with van der Waals surface area (Å²) in [4.78, 5) is 26.6. The molecular formula is C20H19N3O2. The van der Waals surface area contributed by atoms with Crippen molar-refractivity contribution in [1.82, 2.24) is 4.90 Å². The maximum absolute atomic E-state index is 12.4. The number of rotatable bonds is 3. The molecule has 1 aliphatic rings. The third kappa shape index (κ3) is 4.04. The fraction of sp³-hybridized carbons (Fsp3) is 0.250. The van der Waals surface area contributed by atoms with Gasteiger partial charge in [0, 0.05) is 29.9 Å². The Balaban J connectivity index is 1.65. The first-order valence-electron chi connectivity index (χ1n) is 8.38. The van der Waals surface area contributed by atoms with Crippen molar-refractivity contribution in [3.05, 3.63) is 65.2 Å². The Hall–Kier alpha value is -3.13. The predicted molar refractivity (Wildman–Crippen MR) is 95.3 cm³/mol. The summed E-state index contributed by atoms with van der Waals surface area (Å²) >= 11 is 0. The molecule has 2 aromatic rings. The van der Waals surface area contributed by atoms with Gasteiger partial charge in [-0.3, -0.25) is 9.59 Å². The summed E-state index contributed by atoms with van der Waals surface area (Å²) in [7, 11) is 0. The number of amides is 2. The van der Waals surface area contributed by atoms with Gasteiger partial charge in [0.1, 0.15) is 0 Å². The summed E-state index contributed by atoms with van der Waals surface area (Å²) in [6.07, 6.45) is 3.28. The second kappa shape index (κ2) is 7.63. The van der Waals surface area contributed by atoms with Crippen molar-refractivity contribution in [3.8, 4) is 6.07 Å². The molecule has 0 unspecified atom stereocenters. The average molecular weight is 333 g/mol. The molecule has 25 heavy (non-hydrogen) atoms. The number of piperidine rings is 1. The number of nitriles is 1. The number of carbonyl (C=O) groups excluding carboxylic acids is 2. The van der Waals surface area contributed by atoms with Gasteiger partial charge in [-0.1, -0.05) is 0 Å². The first-order valence-corrected chi connectivity index (χ1v) is 8.38. The van der Waals surface area contributed by atoms with Crippen LogP contribution in [0.1, 0.15) is 45.5 Å². The summed E-state index contributed by atoms with van der Waals surface area (Å²) < 4.78 is 0. The van der Waals surface area contributed by atoms with Gasteiger partial charge in [0.05, 0.1) is 11.6 Å². The van der Waals surface area contributed by atoms with Crippen molar-refractivity contribution >= 4 is 17.5 Å². The zero-order valence-corrected chi connectivity index (χ0v) is 13.9.